The zero-order chi connectivity index (χ0) is 54.9. The fourth-order valence-corrected chi connectivity index (χ4v) is 6.90. The number of rotatable bonds is 16. The Morgan fingerprint density at radius 3 is 1.12 bits per heavy atom. The normalized spacial score (nSPS) is 10.4. The van der Waals surface area contributed by atoms with Gasteiger partial charge in [0, 0.05) is 46.0 Å². The van der Waals surface area contributed by atoms with Crippen molar-refractivity contribution in [3.05, 3.63) is 171 Å². The average Bonchev–Trinajstić information content (AvgIpc) is 3.40. The van der Waals surface area contributed by atoms with Gasteiger partial charge in [0.25, 0.3) is 0 Å². The maximum Gasteiger partial charge on any atom is 1.00 e. The molecule has 3 heterocycles. The van der Waals surface area contributed by atoms with Gasteiger partial charge in [0.1, 0.15) is 59.6 Å². The van der Waals surface area contributed by atoms with E-state index in [1.165, 1.54) is 91.0 Å². The van der Waals surface area contributed by atoms with E-state index in [9.17, 15) is 41.4 Å². The summed E-state index contributed by atoms with van der Waals surface area (Å²) in [5, 5.41) is 18.9. The summed E-state index contributed by atoms with van der Waals surface area (Å²) in [5.74, 6) is -3.35. The number of halogens is 9. The monoisotopic (exact) mass is 1140 g/mol. The van der Waals surface area contributed by atoms with Gasteiger partial charge in [-0.05, 0) is 110 Å². The maximum absolute atomic E-state index is 13.9. The SMILES string of the molecule is CCOC(=O)CNc1cc(-c2ccc(Cl)c(F)c2)nc(-c2ccc(F)cc2)n1.CCOC(=O)CNc1cc(-c2ccc(Cl)c(F)c2)nc(Cl)n1.O=C([O-])CNc1cc(-c2ccc(Cl)c(F)c2)nc(-c2ccc(F)cc2)n1.[Na+]. The van der Waals surface area contributed by atoms with Gasteiger partial charge < -0.3 is 35.3 Å². The van der Waals surface area contributed by atoms with Gasteiger partial charge in [-0.2, -0.15) is 0 Å². The van der Waals surface area contributed by atoms with Crippen LogP contribution in [-0.2, 0) is 23.9 Å². The van der Waals surface area contributed by atoms with Crippen LogP contribution in [0.25, 0.3) is 56.5 Å². The van der Waals surface area contributed by atoms with E-state index < -0.39 is 47.7 Å². The molecule has 15 nitrogen and oxygen atoms in total. The third-order valence-electron chi connectivity index (χ3n) is 9.85. The van der Waals surface area contributed by atoms with E-state index in [1.807, 2.05) is 0 Å². The number of benzene rings is 5. The van der Waals surface area contributed by atoms with E-state index >= 15 is 0 Å². The Hall–Kier alpha value is -7.04. The Bertz CT molecular complexity index is 3360. The number of hydrogen-bond donors (Lipinski definition) is 3. The summed E-state index contributed by atoms with van der Waals surface area (Å²) in [6.45, 7) is 3.36. The fraction of sp³-hybridized carbons (Fsp3) is 0.135. The Balaban J connectivity index is 0.000000213. The molecule has 0 bridgehead atoms. The Labute approximate surface area is 478 Å². The minimum atomic E-state index is -1.31. The number of esters is 2. The molecule has 77 heavy (non-hydrogen) atoms. The summed E-state index contributed by atoms with van der Waals surface area (Å²) in [6, 6.07) is 28.5. The van der Waals surface area contributed by atoms with Crippen LogP contribution in [0.5, 0.6) is 0 Å². The van der Waals surface area contributed by atoms with E-state index in [2.05, 4.69) is 45.9 Å². The van der Waals surface area contributed by atoms with Crippen molar-refractivity contribution in [3.8, 4) is 56.5 Å². The first-order valence-corrected chi connectivity index (χ1v) is 23.8. The summed E-state index contributed by atoms with van der Waals surface area (Å²) in [5.41, 5.74) is 3.64. The van der Waals surface area contributed by atoms with Gasteiger partial charge in [-0.15, -0.1) is 0 Å². The summed E-state index contributed by atoms with van der Waals surface area (Å²) >= 11 is 22.9. The smallest absolute Gasteiger partial charge is 0.548 e. The first-order chi connectivity index (χ1) is 36.4. The van der Waals surface area contributed by atoms with E-state index in [0.29, 0.717) is 69.0 Å². The van der Waals surface area contributed by atoms with Gasteiger partial charge in [0.05, 0.1) is 57.9 Å². The molecule has 0 spiro atoms. The summed E-state index contributed by atoms with van der Waals surface area (Å²) in [4.78, 5) is 58.9. The quantitative estimate of drug-likeness (QED) is 0.0361. The number of ether oxygens (including phenoxy) is 2. The molecule has 0 unspecified atom stereocenters. The second kappa shape index (κ2) is 29.5. The van der Waals surface area contributed by atoms with Crippen LogP contribution in [0.4, 0.5) is 39.4 Å². The Morgan fingerprint density at radius 1 is 0.455 bits per heavy atom. The molecule has 3 aromatic heterocycles. The largest absolute Gasteiger partial charge is 1.00 e. The Morgan fingerprint density at radius 2 is 0.779 bits per heavy atom. The van der Waals surface area contributed by atoms with Crippen LogP contribution in [0.2, 0.25) is 20.4 Å². The molecular formula is C52H39Cl4F5N9NaO6. The average molecular weight is 1150 g/mol. The van der Waals surface area contributed by atoms with Crippen LogP contribution in [0, 0.1) is 29.1 Å². The van der Waals surface area contributed by atoms with Crippen molar-refractivity contribution in [2.75, 3.05) is 48.8 Å². The number of nitrogens with zero attached hydrogens (tertiary/aromatic N) is 6. The number of hydrogen-bond acceptors (Lipinski definition) is 15. The zero-order valence-corrected chi connectivity index (χ0v) is 45.6. The summed E-state index contributed by atoms with van der Waals surface area (Å²) < 4.78 is 77.2. The third-order valence-corrected chi connectivity index (χ3v) is 10.9. The molecule has 0 saturated heterocycles. The molecule has 8 rings (SSSR count). The summed E-state index contributed by atoms with van der Waals surface area (Å²) in [6.07, 6.45) is 0. The molecule has 0 aliphatic carbocycles. The van der Waals surface area contributed by atoms with Crippen molar-refractivity contribution >= 4 is 81.8 Å². The zero-order valence-electron chi connectivity index (χ0n) is 40.6. The van der Waals surface area contributed by atoms with Gasteiger partial charge in [0.15, 0.2) is 11.6 Å². The Kier molecular flexibility index (Phi) is 23.3. The molecule has 25 heteroatoms. The van der Waals surface area contributed by atoms with Gasteiger partial charge in [-0.1, -0.05) is 53.0 Å². The predicted octanol–water partition coefficient (Wildman–Crippen LogP) is 8.19. The fourth-order valence-electron chi connectivity index (χ4n) is 6.36. The van der Waals surface area contributed by atoms with E-state index in [0.717, 1.165) is 0 Å². The summed E-state index contributed by atoms with van der Waals surface area (Å²) in [7, 11) is 0. The molecular weight excluding hydrogens is 1110 g/mol. The molecule has 0 saturated carbocycles. The molecule has 392 valence electrons. The van der Waals surface area contributed by atoms with Gasteiger partial charge in [0.2, 0.25) is 5.28 Å². The molecule has 0 aliphatic rings. The number of nitrogens with one attached hydrogen (secondary N) is 3. The topological polar surface area (TPSA) is 206 Å². The molecule has 0 amide bonds. The van der Waals surface area contributed by atoms with Gasteiger partial charge >= 0.3 is 41.5 Å². The molecule has 0 aliphatic heterocycles. The third kappa shape index (κ3) is 18.6. The van der Waals surface area contributed by atoms with Crippen LogP contribution in [0.1, 0.15) is 13.8 Å². The number of carboxylic acids is 1. The standard InChI is InChI=1S/C20H16ClF2N3O2.C18H12ClF2N3O2.C14H12Cl2FN3O2.Na/c1-2-28-19(27)11-24-18-10-17(13-5-8-15(21)16(23)9-13)25-20(26-18)12-3-6-14(22)7-4-12;19-13-6-3-11(7-14(13)21)15-8-16(22-9-17(25)26)24-18(23-15)10-1-4-12(20)5-2-10;1-2-22-13(21)7-18-12-6-11(19-14(16)20-12)8-3-4-9(15)10(17)5-8;/h3-10H,2,11H2,1H3,(H,24,25,26);1-8H,9H2,(H,25,26)(H,22,23,24);3-6H,2,7H2,1H3,(H,18,19,20);/q;;;+1/p-1. The van der Waals surface area contributed by atoms with E-state index in [-0.39, 0.29) is 87.1 Å². The van der Waals surface area contributed by atoms with Crippen LogP contribution in [0.15, 0.2) is 121 Å². The second-order valence-electron chi connectivity index (χ2n) is 15.3. The molecule has 0 radical (unpaired) electrons. The first kappa shape index (κ1) is 60.8. The van der Waals surface area contributed by atoms with Crippen LogP contribution >= 0.6 is 46.4 Å². The molecule has 3 N–H and O–H groups in total. The minimum Gasteiger partial charge on any atom is -0.548 e. The van der Waals surface area contributed by atoms with Crippen LogP contribution in [0.3, 0.4) is 0 Å². The minimum absolute atomic E-state index is 0. The number of aromatic nitrogens is 6. The number of carbonyl (C=O) groups is 3. The molecule has 0 fully saturated rings. The van der Waals surface area contributed by atoms with Crippen molar-refractivity contribution in [2.45, 2.75) is 13.8 Å². The number of carbonyl (C=O) groups excluding carboxylic acids is 3. The van der Waals surface area contributed by atoms with E-state index in [4.69, 9.17) is 55.9 Å². The molecule has 8 aromatic rings. The van der Waals surface area contributed by atoms with Gasteiger partial charge in [-0.3, -0.25) is 9.59 Å². The van der Waals surface area contributed by atoms with Crippen molar-refractivity contribution in [1.82, 2.24) is 29.9 Å². The number of anilines is 3. The van der Waals surface area contributed by atoms with Crippen molar-refractivity contribution in [1.29, 1.82) is 0 Å². The van der Waals surface area contributed by atoms with Crippen molar-refractivity contribution in [3.63, 3.8) is 0 Å². The van der Waals surface area contributed by atoms with Crippen LogP contribution in [-0.4, -0.2) is 80.7 Å². The van der Waals surface area contributed by atoms with Crippen molar-refractivity contribution in [2.24, 2.45) is 0 Å². The van der Waals surface area contributed by atoms with E-state index in [1.54, 1.807) is 44.2 Å². The van der Waals surface area contributed by atoms with Crippen molar-refractivity contribution < 1.29 is 80.5 Å². The number of carboxylic acid groups (broad SMARTS) is 1. The second-order valence-corrected chi connectivity index (χ2v) is 16.8. The molecule has 5 aromatic carbocycles. The maximum atomic E-state index is 13.9. The molecule has 0 atom stereocenters. The first-order valence-electron chi connectivity index (χ1n) is 22.3. The predicted molar refractivity (Wildman–Crippen MR) is 277 cm³/mol. The van der Waals surface area contributed by atoms with Crippen LogP contribution < -0.4 is 50.6 Å². The number of aliphatic carboxylic acids is 1. The van der Waals surface area contributed by atoms with Gasteiger partial charge in [-0.25, -0.2) is 51.9 Å².